The van der Waals surface area contributed by atoms with Gasteiger partial charge in [0.05, 0.1) is 18.1 Å². The van der Waals surface area contributed by atoms with Crippen LogP contribution >= 0.6 is 11.8 Å². The first-order valence-electron chi connectivity index (χ1n) is 8.67. The number of aliphatic carboxylic acids is 1. The molecule has 11 nitrogen and oxygen atoms in total. The number of hydrogen-bond acceptors (Lipinski definition) is 7. The highest BCUT2D eigenvalue weighted by atomic mass is 32.2. The number of aliphatic hydroxyl groups is 1. The largest absolute Gasteiger partial charge is 0.477 e. The van der Waals surface area contributed by atoms with Crippen LogP contribution in [0.1, 0.15) is 20.3 Å². The van der Waals surface area contributed by atoms with E-state index in [4.69, 9.17) is 5.14 Å². The fourth-order valence-corrected chi connectivity index (χ4v) is 6.05. The fourth-order valence-electron chi connectivity index (χ4n) is 4.10. The highest BCUT2D eigenvalue weighted by Crippen LogP contribution is 2.51. The van der Waals surface area contributed by atoms with Gasteiger partial charge in [-0.2, -0.15) is 8.42 Å². The first-order valence-corrected chi connectivity index (χ1v) is 11.1. The molecule has 8 N–H and O–H groups in total. The maximum absolute atomic E-state index is 12.3. The molecule has 6 atom stereocenters. The zero-order chi connectivity index (χ0) is 20.1. The summed E-state index contributed by atoms with van der Waals surface area (Å²) in [5, 5.41) is 27.7. The molecule has 0 spiro atoms. The third-order valence-electron chi connectivity index (χ3n) is 5.32. The lowest BCUT2D eigenvalue weighted by Crippen LogP contribution is -2.63. The number of rotatable bonds is 7. The molecule has 28 heavy (non-hydrogen) atoms. The minimum Gasteiger partial charge on any atom is -0.477 e. The third-order valence-corrected chi connectivity index (χ3v) is 7.40. The molecule has 2 saturated heterocycles. The van der Waals surface area contributed by atoms with Crippen molar-refractivity contribution in [3.05, 3.63) is 10.6 Å². The normalized spacial score (nSPS) is 33.4. The summed E-state index contributed by atoms with van der Waals surface area (Å²) >= 11 is 1.41. The number of aliphatic hydroxyl groups excluding tert-OH is 1. The molecule has 0 bridgehead atoms. The van der Waals surface area contributed by atoms with Gasteiger partial charge in [-0.3, -0.25) is 4.79 Å². The fraction of sp³-hybridized carbons (Fsp3) is 0.733. The predicted molar refractivity (Wildman–Crippen MR) is 102 cm³/mol. The van der Waals surface area contributed by atoms with E-state index in [2.05, 4.69) is 10.0 Å². The summed E-state index contributed by atoms with van der Waals surface area (Å²) in [6.07, 6.45) is -0.197. The van der Waals surface area contributed by atoms with Crippen molar-refractivity contribution in [2.75, 3.05) is 13.1 Å². The Morgan fingerprint density at radius 3 is 2.68 bits per heavy atom. The van der Waals surface area contributed by atoms with Crippen LogP contribution < -0.4 is 15.2 Å². The molecule has 0 aromatic carbocycles. The molecule has 3 heterocycles. The van der Waals surface area contributed by atoms with Gasteiger partial charge >= 0.3 is 5.97 Å². The maximum Gasteiger partial charge on any atom is 0.353 e. The Morgan fingerprint density at radius 1 is 1.50 bits per heavy atom. The van der Waals surface area contributed by atoms with Gasteiger partial charge < -0.3 is 25.9 Å². The number of thioether (sulfide) groups is 1. The number of fused-ring (bicyclic) bond motifs is 1. The first kappa shape index (κ1) is 23.1. The molecule has 160 valence electrons. The molecule has 3 aliphatic rings. The van der Waals surface area contributed by atoms with E-state index in [9.17, 15) is 28.2 Å². The van der Waals surface area contributed by atoms with Gasteiger partial charge in [-0.1, -0.05) is 6.92 Å². The van der Waals surface area contributed by atoms with Crippen LogP contribution in [0.3, 0.4) is 0 Å². The van der Waals surface area contributed by atoms with Crippen molar-refractivity contribution < 1.29 is 33.7 Å². The average Bonchev–Trinajstić information content (AvgIpc) is 3.07. The Morgan fingerprint density at radius 2 is 2.14 bits per heavy atom. The molecule has 3 rings (SSSR count). The minimum atomic E-state index is -3.76. The van der Waals surface area contributed by atoms with Crippen LogP contribution in [0, 0.1) is 11.8 Å². The summed E-state index contributed by atoms with van der Waals surface area (Å²) in [6.45, 7) is 4.17. The van der Waals surface area contributed by atoms with Gasteiger partial charge in [0, 0.05) is 35.2 Å². The standard InChI is InChI=1S/C15H24N4O6S2.H2O/c1-6-11-10(7(2)20)14(21)19(11)12(15(22)23)13(6)26-9-3-8(17-5-9)4-18-27(16,24)25;/h6-11,17-18,20H,3-5H2,1-2H3,(H,22,23)(H2,16,24,25);1H2/t6?,7?,8?,9-,10+,11+;/m0./s1. The summed E-state index contributed by atoms with van der Waals surface area (Å²) in [6, 6.07) is -0.435. The Bertz CT molecular complexity index is 785. The molecule has 3 aliphatic heterocycles. The lowest BCUT2D eigenvalue weighted by atomic mass is 9.79. The number of amides is 1. The van der Waals surface area contributed by atoms with Crippen LogP contribution in [-0.4, -0.2) is 77.4 Å². The molecule has 0 aromatic rings. The molecule has 3 unspecified atom stereocenters. The summed E-state index contributed by atoms with van der Waals surface area (Å²) in [4.78, 5) is 26.1. The van der Waals surface area contributed by atoms with Gasteiger partial charge in [0.15, 0.2) is 0 Å². The number of carbonyl (C=O) groups excluding carboxylic acids is 1. The number of carbonyl (C=O) groups is 2. The van der Waals surface area contributed by atoms with E-state index < -0.39 is 28.2 Å². The Hall–Kier alpha value is -1.22. The van der Waals surface area contributed by atoms with Crippen LogP contribution in [0.2, 0.25) is 0 Å². The van der Waals surface area contributed by atoms with Crippen LogP contribution in [0.4, 0.5) is 0 Å². The molecule has 0 saturated carbocycles. The van der Waals surface area contributed by atoms with Crippen molar-refractivity contribution in [1.82, 2.24) is 14.9 Å². The molecule has 0 radical (unpaired) electrons. The maximum atomic E-state index is 12.3. The van der Waals surface area contributed by atoms with Gasteiger partial charge in [0.25, 0.3) is 10.2 Å². The molecule has 13 heteroatoms. The van der Waals surface area contributed by atoms with Crippen molar-refractivity contribution in [3.8, 4) is 0 Å². The molecule has 0 aromatic heterocycles. The summed E-state index contributed by atoms with van der Waals surface area (Å²) in [7, 11) is -3.76. The van der Waals surface area contributed by atoms with Crippen molar-refractivity contribution >= 4 is 33.8 Å². The molecule has 2 fully saturated rings. The Labute approximate surface area is 167 Å². The van der Waals surface area contributed by atoms with E-state index in [0.29, 0.717) is 17.9 Å². The van der Waals surface area contributed by atoms with Gasteiger partial charge in [0.2, 0.25) is 5.91 Å². The van der Waals surface area contributed by atoms with Gasteiger partial charge in [-0.05, 0) is 13.3 Å². The zero-order valence-corrected chi connectivity index (χ0v) is 17.1. The van der Waals surface area contributed by atoms with Gasteiger partial charge in [-0.15, -0.1) is 11.8 Å². The van der Waals surface area contributed by atoms with E-state index in [1.807, 2.05) is 6.92 Å². The van der Waals surface area contributed by atoms with Gasteiger partial charge in [0.1, 0.15) is 5.70 Å². The highest BCUT2D eigenvalue weighted by Gasteiger charge is 2.60. The van der Waals surface area contributed by atoms with E-state index >= 15 is 0 Å². The van der Waals surface area contributed by atoms with Crippen LogP contribution in [-0.2, 0) is 19.8 Å². The first-order chi connectivity index (χ1) is 12.5. The molecular formula is C15H26N4O7S2. The van der Waals surface area contributed by atoms with Crippen molar-refractivity contribution in [2.45, 2.75) is 43.7 Å². The van der Waals surface area contributed by atoms with E-state index in [-0.39, 0.29) is 46.9 Å². The molecule has 0 aliphatic carbocycles. The number of carboxylic acids is 1. The van der Waals surface area contributed by atoms with Crippen molar-refractivity contribution in [1.29, 1.82) is 0 Å². The van der Waals surface area contributed by atoms with Crippen LogP contribution in [0.5, 0.6) is 0 Å². The smallest absolute Gasteiger partial charge is 0.353 e. The van der Waals surface area contributed by atoms with E-state index in [1.165, 1.54) is 16.7 Å². The van der Waals surface area contributed by atoms with E-state index in [0.717, 1.165) is 0 Å². The monoisotopic (exact) mass is 438 g/mol. The highest BCUT2D eigenvalue weighted by molar-refractivity contribution is 8.03. The Balaban J connectivity index is 0.00000280. The Kier molecular flexibility index (Phi) is 6.80. The second-order valence-electron chi connectivity index (χ2n) is 7.25. The SMILES string of the molecule is CC(O)[C@H]1C(=O)N2C(C(=O)O)=C(S[C@@H]3CNC(CNS(N)(=O)=O)C3)C(C)[C@H]12.O. The quantitative estimate of drug-likeness (QED) is 0.271. The number of β-lactam (4-membered cyclic amide) rings is 1. The summed E-state index contributed by atoms with van der Waals surface area (Å²) in [5.74, 6) is -2.27. The second-order valence-corrected chi connectivity index (χ2v) is 9.97. The lowest BCUT2D eigenvalue weighted by molar-refractivity contribution is -0.163. The summed E-state index contributed by atoms with van der Waals surface area (Å²) in [5.41, 5.74) is 0.00510. The molecular weight excluding hydrogens is 412 g/mol. The average molecular weight is 439 g/mol. The number of hydrogen-bond donors (Lipinski definition) is 5. The zero-order valence-electron chi connectivity index (χ0n) is 15.5. The minimum absolute atomic E-state index is 0. The predicted octanol–water partition coefficient (Wildman–Crippen LogP) is -2.43. The number of nitrogens with two attached hydrogens (primary N) is 1. The van der Waals surface area contributed by atoms with Crippen LogP contribution in [0.25, 0.3) is 0 Å². The number of nitrogens with zero attached hydrogens (tertiary/aromatic N) is 1. The van der Waals surface area contributed by atoms with Crippen molar-refractivity contribution in [2.24, 2.45) is 17.0 Å². The lowest BCUT2D eigenvalue weighted by Gasteiger charge is -2.46. The number of carboxylic acid groups (broad SMARTS) is 1. The summed E-state index contributed by atoms with van der Waals surface area (Å²) < 4.78 is 24.3. The number of nitrogens with one attached hydrogen (secondary N) is 2. The second kappa shape index (κ2) is 8.26. The molecule has 1 amide bonds. The topological polar surface area (TPSA) is 194 Å². The van der Waals surface area contributed by atoms with Crippen LogP contribution in [0.15, 0.2) is 10.6 Å². The van der Waals surface area contributed by atoms with Crippen molar-refractivity contribution in [3.63, 3.8) is 0 Å². The van der Waals surface area contributed by atoms with E-state index in [1.54, 1.807) is 6.92 Å². The third kappa shape index (κ3) is 4.20. The van der Waals surface area contributed by atoms with Gasteiger partial charge in [-0.25, -0.2) is 14.7 Å².